The van der Waals surface area contributed by atoms with Crippen LogP contribution in [-0.4, -0.2) is 27.9 Å². The number of ether oxygens (including phenoxy) is 2. The standard InChI is InChI=1S/C15H17ClN2O3/c1-18-5-4-17-14(18)3-2-12(19)10-8-11(16)15-13(9-10)20-6-7-21-15/h4-5,8-9,12,19H,2-3,6-7H2,1H3. The van der Waals surface area contributed by atoms with Crippen molar-refractivity contribution < 1.29 is 14.6 Å². The Labute approximate surface area is 128 Å². The molecular weight excluding hydrogens is 292 g/mol. The molecule has 0 amide bonds. The van der Waals surface area contributed by atoms with Gasteiger partial charge in [-0.15, -0.1) is 0 Å². The fourth-order valence-corrected chi connectivity index (χ4v) is 2.67. The third-order valence-electron chi connectivity index (χ3n) is 3.57. The van der Waals surface area contributed by atoms with E-state index in [1.54, 1.807) is 18.3 Å². The van der Waals surface area contributed by atoms with Gasteiger partial charge in [0.05, 0.1) is 11.1 Å². The first kappa shape index (κ1) is 14.2. The number of aryl methyl sites for hydroxylation is 2. The van der Waals surface area contributed by atoms with Crippen molar-refractivity contribution in [1.29, 1.82) is 0 Å². The first-order chi connectivity index (χ1) is 10.1. The molecule has 0 fully saturated rings. The Bertz CT molecular complexity index is 642. The summed E-state index contributed by atoms with van der Waals surface area (Å²) in [7, 11) is 1.94. The number of imidazole rings is 1. The minimum Gasteiger partial charge on any atom is -0.486 e. The lowest BCUT2D eigenvalue weighted by Crippen LogP contribution is -2.16. The second-order valence-electron chi connectivity index (χ2n) is 5.04. The summed E-state index contributed by atoms with van der Waals surface area (Å²) < 4.78 is 12.9. The molecule has 1 aromatic carbocycles. The molecule has 21 heavy (non-hydrogen) atoms. The summed E-state index contributed by atoms with van der Waals surface area (Å²) in [5.74, 6) is 2.10. The zero-order chi connectivity index (χ0) is 14.8. The van der Waals surface area contributed by atoms with Gasteiger partial charge in [0, 0.05) is 25.9 Å². The van der Waals surface area contributed by atoms with Crippen molar-refractivity contribution in [3.05, 3.63) is 40.9 Å². The molecule has 0 spiro atoms. The molecule has 1 aromatic heterocycles. The predicted octanol–water partition coefficient (Wildman–Crippen LogP) is 2.51. The van der Waals surface area contributed by atoms with Crippen molar-refractivity contribution in [2.45, 2.75) is 18.9 Å². The number of hydrogen-bond acceptors (Lipinski definition) is 4. The Hall–Kier alpha value is -1.72. The number of aliphatic hydroxyl groups is 1. The number of aliphatic hydroxyl groups excluding tert-OH is 1. The lowest BCUT2D eigenvalue weighted by Gasteiger charge is -2.21. The highest BCUT2D eigenvalue weighted by molar-refractivity contribution is 6.32. The molecule has 1 unspecified atom stereocenters. The molecule has 0 aliphatic carbocycles. The van der Waals surface area contributed by atoms with Gasteiger partial charge in [0.25, 0.3) is 0 Å². The van der Waals surface area contributed by atoms with Crippen LogP contribution in [0.1, 0.15) is 23.9 Å². The van der Waals surface area contributed by atoms with E-state index in [0.717, 1.165) is 11.4 Å². The SMILES string of the molecule is Cn1ccnc1CCC(O)c1cc(Cl)c2c(c1)OCCO2. The van der Waals surface area contributed by atoms with Gasteiger partial charge in [0.2, 0.25) is 0 Å². The molecule has 2 aromatic rings. The largest absolute Gasteiger partial charge is 0.486 e. The molecule has 5 nitrogen and oxygen atoms in total. The van der Waals surface area contributed by atoms with Crippen LogP contribution >= 0.6 is 11.6 Å². The lowest BCUT2D eigenvalue weighted by atomic mass is 10.0. The van der Waals surface area contributed by atoms with Gasteiger partial charge >= 0.3 is 0 Å². The van der Waals surface area contributed by atoms with E-state index in [4.69, 9.17) is 21.1 Å². The molecule has 0 saturated carbocycles. The number of benzene rings is 1. The molecule has 2 heterocycles. The maximum Gasteiger partial charge on any atom is 0.179 e. The molecule has 6 heteroatoms. The van der Waals surface area contributed by atoms with Gasteiger partial charge in [-0.1, -0.05) is 11.6 Å². The molecule has 1 atom stereocenters. The minimum atomic E-state index is -0.616. The van der Waals surface area contributed by atoms with Gasteiger partial charge < -0.3 is 19.1 Å². The van der Waals surface area contributed by atoms with Crippen LogP contribution in [0.15, 0.2) is 24.5 Å². The summed E-state index contributed by atoms with van der Waals surface area (Å²) in [5.41, 5.74) is 0.735. The zero-order valence-corrected chi connectivity index (χ0v) is 12.5. The smallest absolute Gasteiger partial charge is 0.179 e. The molecule has 0 saturated heterocycles. The predicted molar refractivity (Wildman–Crippen MR) is 78.9 cm³/mol. The summed E-state index contributed by atoms with van der Waals surface area (Å²) in [4.78, 5) is 4.25. The van der Waals surface area contributed by atoms with Crippen LogP contribution in [0.3, 0.4) is 0 Å². The van der Waals surface area contributed by atoms with E-state index in [1.165, 1.54) is 0 Å². The summed E-state index contributed by atoms with van der Waals surface area (Å²) in [5, 5.41) is 10.8. The Kier molecular flexibility index (Phi) is 4.03. The van der Waals surface area contributed by atoms with Crippen LogP contribution in [0.5, 0.6) is 11.5 Å². The summed E-state index contributed by atoms with van der Waals surface area (Å²) in [6, 6.07) is 3.53. The van der Waals surface area contributed by atoms with E-state index in [9.17, 15) is 5.11 Å². The van der Waals surface area contributed by atoms with Crippen LogP contribution in [0.2, 0.25) is 5.02 Å². The zero-order valence-electron chi connectivity index (χ0n) is 11.8. The monoisotopic (exact) mass is 308 g/mol. The van der Waals surface area contributed by atoms with E-state index in [1.807, 2.05) is 17.8 Å². The van der Waals surface area contributed by atoms with E-state index in [-0.39, 0.29) is 0 Å². The fourth-order valence-electron chi connectivity index (χ4n) is 2.39. The van der Waals surface area contributed by atoms with Gasteiger partial charge in [-0.25, -0.2) is 4.98 Å². The van der Waals surface area contributed by atoms with Crippen LogP contribution in [0.4, 0.5) is 0 Å². The first-order valence-corrected chi connectivity index (χ1v) is 7.26. The van der Waals surface area contributed by atoms with Crippen LogP contribution in [0.25, 0.3) is 0 Å². The minimum absolute atomic E-state index is 0.471. The van der Waals surface area contributed by atoms with Crippen LogP contribution in [-0.2, 0) is 13.5 Å². The van der Waals surface area contributed by atoms with Crippen molar-refractivity contribution in [3.63, 3.8) is 0 Å². The van der Waals surface area contributed by atoms with Crippen molar-refractivity contribution in [1.82, 2.24) is 9.55 Å². The van der Waals surface area contributed by atoms with E-state index >= 15 is 0 Å². The van der Waals surface area contributed by atoms with Crippen LogP contribution < -0.4 is 9.47 Å². The quantitative estimate of drug-likeness (QED) is 0.943. The highest BCUT2D eigenvalue weighted by Crippen LogP contribution is 2.40. The highest BCUT2D eigenvalue weighted by Gasteiger charge is 2.19. The number of hydrogen-bond donors (Lipinski definition) is 1. The second kappa shape index (κ2) is 5.95. The maximum absolute atomic E-state index is 10.3. The topological polar surface area (TPSA) is 56.5 Å². The normalized spacial score (nSPS) is 15.0. The third-order valence-corrected chi connectivity index (χ3v) is 3.85. The molecule has 1 N–H and O–H groups in total. The Morgan fingerprint density at radius 3 is 2.95 bits per heavy atom. The lowest BCUT2D eigenvalue weighted by molar-refractivity contribution is 0.159. The van der Waals surface area contributed by atoms with Crippen molar-refractivity contribution in [3.8, 4) is 11.5 Å². The van der Waals surface area contributed by atoms with Gasteiger partial charge in [0.1, 0.15) is 19.0 Å². The van der Waals surface area contributed by atoms with Crippen molar-refractivity contribution >= 4 is 11.6 Å². The van der Waals surface area contributed by atoms with Crippen molar-refractivity contribution in [2.24, 2.45) is 7.05 Å². The van der Waals surface area contributed by atoms with E-state index < -0.39 is 6.10 Å². The van der Waals surface area contributed by atoms with E-state index in [0.29, 0.717) is 42.6 Å². The number of aromatic nitrogens is 2. The van der Waals surface area contributed by atoms with Gasteiger partial charge in [0.15, 0.2) is 11.5 Å². The highest BCUT2D eigenvalue weighted by atomic mass is 35.5. The summed E-state index contributed by atoms with van der Waals surface area (Å²) in [6.45, 7) is 0.990. The Morgan fingerprint density at radius 1 is 1.38 bits per heavy atom. The van der Waals surface area contributed by atoms with E-state index in [2.05, 4.69) is 4.98 Å². The maximum atomic E-state index is 10.3. The average Bonchev–Trinajstić information content (AvgIpc) is 2.90. The molecular formula is C15H17ClN2O3. The summed E-state index contributed by atoms with van der Waals surface area (Å²) in [6.07, 6.45) is 4.29. The third kappa shape index (κ3) is 2.99. The molecule has 1 aliphatic rings. The average molecular weight is 309 g/mol. The molecule has 0 bridgehead atoms. The first-order valence-electron chi connectivity index (χ1n) is 6.88. The van der Waals surface area contributed by atoms with Crippen molar-refractivity contribution in [2.75, 3.05) is 13.2 Å². The Balaban J connectivity index is 1.74. The molecule has 0 radical (unpaired) electrons. The molecule has 1 aliphatic heterocycles. The van der Waals surface area contributed by atoms with Gasteiger partial charge in [-0.3, -0.25) is 0 Å². The van der Waals surface area contributed by atoms with Crippen LogP contribution in [0, 0.1) is 0 Å². The number of halogens is 1. The second-order valence-corrected chi connectivity index (χ2v) is 5.44. The fraction of sp³-hybridized carbons (Fsp3) is 0.400. The number of fused-ring (bicyclic) bond motifs is 1. The van der Waals surface area contributed by atoms with Gasteiger partial charge in [-0.2, -0.15) is 0 Å². The molecule has 3 rings (SSSR count). The summed E-state index contributed by atoms with van der Waals surface area (Å²) >= 11 is 6.18. The number of nitrogens with zero attached hydrogens (tertiary/aromatic N) is 2. The van der Waals surface area contributed by atoms with Gasteiger partial charge in [-0.05, 0) is 24.1 Å². The Morgan fingerprint density at radius 2 is 2.19 bits per heavy atom. The number of rotatable bonds is 4. The molecule has 112 valence electrons.